The van der Waals surface area contributed by atoms with Gasteiger partial charge in [0.1, 0.15) is 0 Å². The van der Waals surface area contributed by atoms with E-state index in [0.29, 0.717) is 0 Å². The van der Waals surface area contributed by atoms with Gasteiger partial charge in [-0.05, 0) is 0 Å². The molecule has 0 amide bonds. The number of pyridine rings is 1. The number of rotatable bonds is 0. The number of aromatic nitrogens is 1. The standard InChI is InChI=1S/C9H7NSe/c11-9-8-4-2-1-3-7(8)5-6-10-9/h1-6H,(H,10,11)/p-1. The van der Waals surface area contributed by atoms with Crippen LogP contribution in [0.3, 0.4) is 0 Å². The molecule has 0 bridgehead atoms. The van der Waals surface area contributed by atoms with Gasteiger partial charge in [0.15, 0.2) is 0 Å². The monoisotopic (exact) mass is 208 g/mol. The van der Waals surface area contributed by atoms with Gasteiger partial charge >= 0.3 is 72.9 Å². The maximum atomic E-state index is 4.15. The average Bonchev–Trinajstić information content (AvgIpc) is 2.06. The quantitative estimate of drug-likeness (QED) is 0.588. The molecular weight excluding hydrogens is 201 g/mol. The second kappa shape index (κ2) is 2.65. The van der Waals surface area contributed by atoms with Crippen LogP contribution in [0, 0.1) is 0 Å². The fraction of sp³-hybridized carbons (Fsp3) is 0. The maximum absolute atomic E-state index is 4.15. The third-order valence-corrected chi connectivity index (χ3v) is 2.32. The molecule has 1 aromatic heterocycles. The molecule has 0 aliphatic rings. The van der Waals surface area contributed by atoms with Crippen LogP contribution < -0.4 is 4.59 Å². The summed E-state index contributed by atoms with van der Waals surface area (Å²) in [6.45, 7) is 0. The predicted molar refractivity (Wildman–Crippen MR) is 47.1 cm³/mol. The molecule has 0 radical (unpaired) electrons. The van der Waals surface area contributed by atoms with Crippen molar-refractivity contribution in [2.75, 3.05) is 0 Å². The molecule has 1 nitrogen and oxygen atoms in total. The Morgan fingerprint density at radius 3 is 2.73 bits per heavy atom. The fourth-order valence-electron chi connectivity index (χ4n) is 1.09. The van der Waals surface area contributed by atoms with E-state index >= 15 is 0 Å². The summed E-state index contributed by atoms with van der Waals surface area (Å²) in [7, 11) is 0. The molecule has 2 aromatic rings. The van der Waals surface area contributed by atoms with Gasteiger partial charge in [-0.1, -0.05) is 0 Å². The molecule has 0 spiro atoms. The van der Waals surface area contributed by atoms with Crippen LogP contribution in [0.5, 0.6) is 0 Å². The Labute approximate surface area is 73.3 Å². The summed E-state index contributed by atoms with van der Waals surface area (Å²) in [5, 5.41) is 2.42. The number of fused-ring (bicyclic) bond motifs is 1. The molecule has 0 aliphatic carbocycles. The first-order chi connectivity index (χ1) is 5.38. The van der Waals surface area contributed by atoms with Crippen LogP contribution in [0.2, 0.25) is 0 Å². The summed E-state index contributed by atoms with van der Waals surface area (Å²) in [6, 6.07) is 10.2. The van der Waals surface area contributed by atoms with Gasteiger partial charge in [-0.3, -0.25) is 0 Å². The molecule has 0 saturated carbocycles. The van der Waals surface area contributed by atoms with Gasteiger partial charge in [0.05, 0.1) is 0 Å². The minimum atomic E-state index is 0.975. The first-order valence-electron chi connectivity index (χ1n) is 3.39. The van der Waals surface area contributed by atoms with E-state index in [0.717, 1.165) is 4.59 Å². The van der Waals surface area contributed by atoms with Crippen molar-refractivity contribution in [3.8, 4) is 0 Å². The number of hydrogen-bond acceptors (Lipinski definition) is 1. The van der Waals surface area contributed by atoms with Crippen molar-refractivity contribution in [2.24, 2.45) is 0 Å². The van der Waals surface area contributed by atoms with Gasteiger partial charge in [-0.2, -0.15) is 0 Å². The minimum absolute atomic E-state index is 0.975. The van der Waals surface area contributed by atoms with E-state index in [1.54, 1.807) is 0 Å². The van der Waals surface area contributed by atoms with Crippen molar-refractivity contribution >= 4 is 31.4 Å². The third kappa shape index (κ3) is 1.15. The van der Waals surface area contributed by atoms with Crippen molar-refractivity contribution in [1.29, 1.82) is 0 Å². The molecular formula is C9H6NSe-. The molecule has 0 aliphatic heterocycles. The van der Waals surface area contributed by atoms with Crippen LogP contribution in [-0.2, 0) is 0 Å². The number of nitrogens with zero attached hydrogens (tertiary/aromatic N) is 1. The molecule has 2 heteroatoms. The van der Waals surface area contributed by atoms with E-state index in [-0.39, 0.29) is 0 Å². The van der Waals surface area contributed by atoms with E-state index in [1.807, 2.05) is 24.4 Å². The fourth-order valence-corrected chi connectivity index (χ4v) is 1.61. The van der Waals surface area contributed by atoms with E-state index in [2.05, 4.69) is 33.1 Å². The molecule has 0 atom stereocenters. The van der Waals surface area contributed by atoms with Crippen molar-refractivity contribution in [2.45, 2.75) is 0 Å². The molecule has 1 aromatic carbocycles. The Balaban J connectivity index is 2.91. The zero-order chi connectivity index (χ0) is 7.68. The number of benzene rings is 1. The van der Waals surface area contributed by atoms with Gasteiger partial charge < -0.3 is 0 Å². The second-order valence-corrected chi connectivity index (χ2v) is 3.15. The molecule has 0 N–H and O–H groups in total. The summed E-state index contributed by atoms with van der Waals surface area (Å²) >= 11 is 2.93. The Kier molecular flexibility index (Phi) is 1.65. The van der Waals surface area contributed by atoms with E-state index in [9.17, 15) is 0 Å². The Bertz CT molecular complexity index is 379. The molecule has 2 rings (SSSR count). The van der Waals surface area contributed by atoms with Crippen LogP contribution in [-0.4, -0.2) is 21.0 Å². The van der Waals surface area contributed by atoms with Crippen molar-refractivity contribution in [3.63, 3.8) is 0 Å². The molecule has 11 heavy (non-hydrogen) atoms. The van der Waals surface area contributed by atoms with Crippen LogP contribution in [0.1, 0.15) is 0 Å². The summed E-state index contributed by atoms with van der Waals surface area (Å²) in [6.07, 6.45) is 1.81. The van der Waals surface area contributed by atoms with Crippen molar-refractivity contribution in [1.82, 2.24) is 4.98 Å². The molecule has 0 unspecified atom stereocenters. The zero-order valence-corrected chi connectivity index (χ0v) is 7.53. The van der Waals surface area contributed by atoms with Gasteiger partial charge in [0.2, 0.25) is 0 Å². The average molecular weight is 207 g/mol. The number of hydrogen-bond donors (Lipinski definition) is 0. The summed E-state index contributed by atoms with van der Waals surface area (Å²) in [5.41, 5.74) is 0. The van der Waals surface area contributed by atoms with Crippen LogP contribution >= 0.6 is 0 Å². The third-order valence-electron chi connectivity index (χ3n) is 1.64. The molecule has 1 heterocycles. The molecule has 0 saturated heterocycles. The molecule has 54 valence electrons. The molecule has 0 fully saturated rings. The van der Waals surface area contributed by atoms with E-state index in [4.69, 9.17) is 0 Å². The van der Waals surface area contributed by atoms with Crippen molar-refractivity contribution in [3.05, 3.63) is 36.5 Å². The van der Waals surface area contributed by atoms with Crippen LogP contribution in [0.25, 0.3) is 10.8 Å². The summed E-state index contributed by atoms with van der Waals surface area (Å²) in [5.74, 6) is 0. The SMILES string of the molecule is [Se-]c1nccc2ccccc12. The topological polar surface area (TPSA) is 12.9 Å². The first-order valence-corrected chi connectivity index (χ1v) is 4.24. The zero-order valence-electron chi connectivity index (χ0n) is 5.82. The normalized spacial score (nSPS) is 10.2. The first kappa shape index (κ1) is 6.83. The Hall–Kier alpha value is -0.851. The Morgan fingerprint density at radius 2 is 1.91 bits per heavy atom. The predicted octanol–water partition coefficient (Wildman–Crippen LogP) is 1.03. The van der Waals surface area contributed by atoms with Gasteiger partial charge in [0.25, 0.3) is 0 Å². The Morgan fingerprint density at radius 1 is 1.09 bits per heavy atom. The van der Waals surface area contributed by atoms with Gasteiger partial charge in [-0.15, -0.1) is 0 Å². The summed E-state index contributed by atoms with van der Waals surface area (Å²) < 4.78 is 0.975. The van der Waals surface area contributed by atoms with Gasteiger partial charge in [0, 0.05) is 0 Å². The van der Waals surface area contributed by atoms with E-state index in [1.165, 1.54) is 10.8 Å². The second-order valence-electron chi connectivity index (χ2n) is 2.34. The van der Waals surface area contributed by atoms with Crippen LogP contribution in [0.4, 0.5) is 0 Å². The summed E-state index contributed by atoms with van der Waals surface area (Å²) in [4.78, 5) is 4.15. The van der Waals surface area contributed by atoms with Crippen LogP contribution in [0.15, 0.2) is 36.5 Å². The van der Waals surface area contributed by atoms with E-state index < -0.39 is 0 Å². The van der Waals surface area contributed by atoms with Crippen molar-refractivity contribution < 1.29 is 0 Å². The van der Waals surface area contributed by atoms with Gasteiger partial charge in [-0.25, -0.2) is 0 Å².